The number of amides is 2. The molecule has 0 saturated carbocycles. The van der Waals surface area contributed by atoms with E-state index in [-0.39, 0.29) is 25.3 Å². The van der Waals surface area contributed by atoms with Crippen LogP contribution in [0.25, 0.3) is 22.0 Å². The van der Waals surface area contributed by atoms with Gasteiger partial charge < -0.3 is 14.8 Å². The highest BCUT2D eigenvalue weighted by Gasteiger charge is 2.40. The molecule has 0 aliphatic carbocycles. The molecule has 1 aliphatic rings. The minimum absolute atomic E-state index is 0.111. The van der Waals surface area contributed by atoms with E-state index < -0.39 is 24.0 Å². The number of Topliss-reactive ketones (excluding diaryl/α,β-unsaturated/α-hetero) is 1. The minimum atomic E-state index is -1.33. The summed E-state index contributed by atoms with van der Waals surface area (Å²) in [6, 6.07) is 7.91. The van der Waals surface area contributed by atoms with Gasteiger partial charge in [-0.25, -0.2) is 4.39 Å². The number of ketones is 1. The van der Waals surface area contributed by atoms with Crippen molar-refractivity contribution in [2.75, 3.05) is 11.9 Å². The number of benzene rings is 1. The van der Waals surface area contributed by atoms with E-state index in [0.29, 0.717) is 27.2 Å². The number of nitrogens with zero attached hydrogens (tertiary/aromatic N) is 5. The maximum atomic E-state index is 14.4. The first-order valence-electron chi connectivity index (χ1n) is 11.6. The Kier molecular flexibility index (Phi) is 6.66. The van der Waals surface area contributed by atoms with Crippen LogP contribution in [0.2, 0.25) is 5.02 Å². The van der Waals surface area contributed by atoms with Gasteiger partial charge in [-0.2, -0.15) is 10.2 Å². The Bertz CT molecular complexity index is 1510. The number of halogens is 2. The predicted octanol–water partition coefficient (Wildman–Crippen LogP) is 3.93. The molecule has 11 heteroatoms. The summed E-state index contributed by atoms with van der Waals surface area (Å²) >= 11 is 5.93. The van der Waals surface area contributed by atoms with Gasteiger partial charge in [0.15, 0.2) is 5.78 Å². The quantitative estimate of drug-likeness (QED) is 0.386. The molecule has 3 aromatic heterocycles. The van der Waals surface area contributed by atoms with E-state index in [9.17, 15) is 18.8 Å². The van der Waals surface area contributed by atoms with E-state index in [0.717, 1.165) is 11.1 Å². The molecule has 1 fully saturated rings. The smallest absolute Gasteiger partial charge is 0.247 e. The molecule has 0 spiro atoms. The van der Waals surface area contributed by atoms with E-state index in [1.807, 2.05) is 24.3 Å². The lowest BCUT2D eigenvalue weighted by Crippen LogP contribution is -2.44. The van der Waals surface area contributed by atoms with Crippen molar-refractivity contribution in [2.24, 2.45) is 0 Å². The number of nitrogens with one attached hydrogen (secondary N) is 1. The van der Waals surface area contributed by atoms with Gasteiger partial charge in [0.2, 0.25) is 11.8 Å². The lowest BCUT2D eigenvalue weighted by molar-refractivity contribution is -0.137. The van der Waals surface area contributed by atoms with Gasteiger partial charge in [-0.3, -0.25) is 19.4 Å². The molecule has 4 aromatic rings. The van der Waals surface area contributed by atoms with Crippen molar-refractivity contribution in [3.63, 3.8) is 0 Å². The average Bonchev–Trinajstić information content (AvgIpc) is 3.45. The van der Waals surface area contributed by atoms with Gasteiger partial charge in [0.05, 0.1) is 35.8 Å². The first kappa shape index (κ1) is 24.5. The zero-order valence-electron chi connectivity index (χ0n) is 19.8. The highest BCUT2D eigenvalue weighted by molar-refractivity contribution is 6.30. The highest BCUT2D eigenvalue weighted by Crippen LogP contribution is 2.29. The fourth-order valence-corrected chi connectivity index (χ4v) is 4.77. The van der Waals surface area contributed by atoms with E-state index in [4.69, 9.17) is 11.6 Å². The van der Waals surface area contributed by atoms with Crippen LogP contribution in [0.5, 0.6) is 0 Å². The second kappa shape index (κ2) is 10.1. The summed E-state index contributed by atoms with van der Waals surface area (Å²) < 4.78 is 16.0. The molecule has 5 rings (SSSR count). The van der Waals surface area contributed by atoms with Crippen LogP contribution >= 0.6 is 11.6 Å². The predicted molar refractivity (Wildman–Crippen MR) is 136 cm³/mol. The summed E-state index contributed by atoms with van der Waals surface area (Å²) in [5.41, 5.74) is 3.17. The van der Waals surface area contributed by atoms with Gasteiger partial charge in [-0.05, 0) is 36.8 Å². The Morgan fingerprint density at radius 1 is 1.11 bits per heavy atom. The number of carbonyl (C=O) groups excluding carboxylic acids is 3. The third-order valence-electron chi connectivity index (χ3n) is 6.33. The number of rotatable bonds is 6. The van der Waals surface area contributed by atoms with Gasteiger partial charge in [-0.15, -0.1) is 0 Å². The molecule has 1 aliphatic heterocycles. The van der Waals surface area contributed by atoms with Crippen LogP contribution < -0.4 is 5.32 Å². The van der Waals surface area contributed by atoms with Crippen LogP contribution in [0.15, 0.2) is 61.3 Å². The van der Waals surface area contributed by atoms with Crippen molar-refractivity contribution in [3.05, 3.63) is 71.9 Å². The number of alkyl halides is 1. The number of carbonyl (C=O) groups is 3. The standard InChI is InChI=1S/C26H22ClFN6O3/c1-15(35)22-13-33(23-3-2-16(6-21(22)23)17-4-5-30-31-9-17)14-25(36)34-12-19(28)8-24(34)26(37)32-20-7-18(27)10-29-11-20/h2-7,9-11,13,19,24H,8,12,14H2,1H3,(H,32,37)/t19-,24+/m1/s1. The molecule has 0 bridgehead atoms. The fraction of sp³-hybridized carbons (Fsp3) is 0.231. The number of pyridine rings is 1. The van der Waals surface area contributed by atoms with Gasteiger partial charge >= 0.3 is 0 Å². The van der Waals surface area contributed by atoms with Crippen molar-refractivity contribution >= 4 is 45.8 Å². The van der Waals surface area contributed by atoms with Gasteiger partial charge in [0.1, 0.15) is 18.8 Å². The zero-order chi connectivity index (χ0) is 26.1. The fourth-order valence-electron chi connectivity index (χ4n) is 4.60. The second-order valence-corrected chi connectivity index (χ2v) is 9.30. The molecule has 0 radical (unpaired) electrons. The van der Waals surface area contributed by atoms with Crippen molar-refractivity contribution < 1.29 is 18.8 Å². The van der Waals surface area contributed by atoms with Crippen molar-refractivity contribution in [3.8, 4) is 11.1 Å². The summed E-state index contributed by atoms with van der Waals surface area (Å²) in [4.78, 5) is 43.8. The highest BCUT2D eigenvalue weighted by atomic mass is 35.5. The Balaban J connectivity index is 1.41. The summed E-state index contributed by atoms with van der Waals surface area (Å²) in [5.74, 6) is -1.10. The summed E-state index contributed by atoms with van der Waals surface area (Å²) in [6.45, 7) is 1.11. The Morgan fingerprint density at radius 3 is 2.68 bits per heavy atom. The van der Waals surface area contributed by atoms with Crippen LogP contribution in [0, 0.1) is 0 Å². The number of aromatic nitrogens is 4. The van der Waals surface area contributed by atoms with Crippen molar-refractivity contribution in [1.82, 2.24) is 24.6 Å². The normalized spacial score (nSPS) is 17.2. The maximum Gasteiger partial charge on any atom is 0.247 e. The zero-order valence-corrected chi connectivity index (χ0v) is 20.5. The second-order valence-electron chi connectivity index (χ2n) is 8.87. The Hall–Kier alpha value is -4.18. The number of hydrogen-bond donors (Lipinski definition) is 1. The van der Waals surface area contributed by atoms with Gasteiger partial charge in [-0.1, -0.05) is 17.7 Å². The number of anilines is 1. The summed E-state index contributed by atoms with van der Waals surface area (Å²) in [7, 11) is 0. The molecule has 1 saturated heterocycles. The van der Waals surface area contributed by atoms with E-state index in [1.54, 1.807) is 23.2 Å². The molecule has 1 aromatic carbocycles. The first-order valence-corrected chi connectivity index (χ1v) is 11.9. The van der Waals surface area contributed by atoms with Crippen molar-refractivity contribution in [1.29, 1.82) is 0 Å². The van der Waals surface area contributed by atoms with Crippen LogP contribution in [0.3, 0.4) is 0 Å². The molecule has 4 heterocycles. The molecule has 2 amide bonds. The van der Waals surface area contributed by atoms with Crippen LogP contribution in [0.1, 0.15) is 23.7 Å². The minimum Gasteiger partial charge on any atom is -0.337 e. The van der Waals surface area contributed by atoms with Gasteiger partial charge in [0.25, 0.3) is 0 Å². The number of fused-ring (bicyclic) bond motifs is 1. The van der Waals surface area contributed by atoms with Crippen LogP contribution in [-0.2, 0) is 16.1 Å². The van der Waals surface area contributed by atoms with E-state index >= 15 is 0 Å². The van der Waals surface area contributed by atoms with Crippen LogP contribution in [-0.4, -0.2) is 61.0 Å². The van der Waals surface area contributed by atoms with E-state index in [1.165, 1.54) is 30.3 Å². The molecule has 2 atom stereocenters. The SMILES string of the molecule is CC(=O)c1cn(CC(=O)N2C[C@H](F)C[C@H]2C(=O)Nc2cncc(Cl)c2)c2ccc(-c3ccnnc3)cc12. The van der Waals surface area contributed by atoms with Crippen molar-refractivity contribution in [2.45, 2.75) is 32.1 Å². The third kappa shape index (κ3) is 5.05. The van der Waals surface area contributed by atoms with Gasteiger partial charge in [0, 0.05) is 40.8 Å². The van der Waals surface area contributed by atoms with E-state index in [2.05, 4.69) is 20.5 Å². The number of likely N-dealkylation sites (tertiary alicyclic amines) is 1. The lowest BCUT2D eigenvalue weighted by atomic mass is 10.0. The molecular formula is C26H22ClFN6O3. The molecule has 9 nitrogen and oxygen atoms in total. The Labute approximate surface area is 216 Å². The monoisotopic (exact) mass is 520 g/mol. The molecule has 37 heavy (non-hydrogen) atoms. The molecule has 188 valence electrons. The number of hydrogen-bond acceptors (Lipinski definition) is 6. The summed E-state index contributed by atoms with van der Waals surface area (Å²) in [6.07, 6.45) is 6.23. The summed E-state index contributed by atoms with van der Waals surface area (Å²) in [5, 5.41) is 11.4. The van der Waals surface area contributed by atoms with Crippen LogP contribution in [0.4, 0.5) is 10.1 Å². The molecule has 1 N–H and O–H groups in total. The molecule has 0 unspecified atom stereocenters. The molecular weight excluding hydrogens is 499 g/mol. The first-order chi connectivity index (χ1) is 17.8. The topological polar surface area (TPSA) is 110 Å². The maximum absolute atomic E-state index is 14.4. The third-order valence-corrected chi connectivity index (χ3v) is 6.54. The average molecular weight is 521 g/mol. The lowest BCUT2D eigenvalue weighted by Gasteiger charge is -2.24. The largest absolute Gasteiger partial charge is 0.337 e. The Morgan fingerprint density at radius 2 is 1.95 bits per heavy atom.